The van der Waals surface area contributed by atoms with Crippen LogP contribution in [0.1, 0.15) is 16.7 Å². The topological polar surface area (TPSA) is 70.2 Å². The Labute approximate surface area is 99.8 Å². The van der Waals surface area contributed by atoms with E-state index < -0.39 is 15.3 Å². The Morgan fingerprint density at radius 1 is 1.18 bits per heavy atom. The van der Waals surface area contributed by atoms with Crippen LogP contribution in [0.5, 0.6) is 0 Å². The molecule has 4 nitrogen and oxygen atoms in total. The molecule has 1 aromatic heterocycles. The first kappa shape index (κ1) is 11.9. The Morgan fingerprint density at radius 2 is 1.82 bits per heavy atom. The van der Waals surface area contributed by atoms with E-state index in [0.29, 0.717) is 0 Å². The van der Waals surface area contributed by atoms with Gasteiger partial charge in [-0.2, -0.15) is 0 Å². The summed E-state index contributed by atoms with van der Waals surface area (Å²) in [5, 5.41) is 9.84. The van der Waals surface area contributed by atoms with Crippen molar-refractivity contribution >= 4 is 9.84 Å². The summed E-state index contributed by atoms with van der Waals surface area (Å²) in [6.45, 7) is 1.87. The summed E-state index contributed by atoms with van der Waals surface area (Å²) in [6.07, 6.45) is 1.57. The average molecular weight is 251 g/mol. The molecule has 0 saturated heterocycles. The molecule has 2 rings (SSSR count). The lowest BCUT2D eigenvalue weighted by molar-refractivity contribution is 0.250. The zero-order valence-corrected chi connectivity index (χ0v) is 10.1. The summed E-state index contributed by atoms with van der Waals surface area (Å²) in [5.74, 6) is 0. The quantitative estimate of drug-likeness (QED) is 0.873. The van der Waals surface area contributed by atoms with Crippen LogP contribution in [0.25, 0.3) is 0 Å². The summed E-state index contributed by atoms with van der Waals surface area (Å²) in [4.78, 5) is 2.81. The zero-order chi connectivity index (χ0) is 12.5. The van der Waals surface area contributed by atoms with Crippen molar-refractivity contribution in [2.24, 2.45) is 0 Å². The summed E-state index contributed by atoms with van der Waals surface area (Å²) in [6, 6.07) is 9.58. The smallest absolute Gasteiger partial charge is 0.210 e. The minimum atomic E-state index is -3.75. The Kier molecular flexibility index (Phi) is 3.04. The van der Waals surface area contributed by atoms with Gasteiger partial charge in [0.05, 0.1) is 10.6 Å². The lowest BCUT2D eigenvalue weighted by atomic mass is 10.2. The van der Waals surface area contributed by atoms with Gasteiger partial charge in [0.25, 0.3) is 0 Å². The number of aliphatic hydroxyl groups excluding tert-OH is 1. The van der Waals surface area contributed by atoms with E-state index in [1.807, 2.05) is 6.92 Å². The third-order valence-corrected chi connectivity index (χ3v) is 4.30. The van der Waals surface area contributed by atoms with Gasteiger partial charge in [-0.05, 0) is 31.2 Å². The van der Waals surface area contributed by atoms with E-state index in [0.717, 1.165) is 5.56 Å². The molecule has 0 aliphatic carbocycles. The fraction of sp³-hybridized carbons (Fsp3) is 0.167. The Balaban J connectivity index is 2.40. The molecular formula is C12H13NO3S. The predicted octanol–water partition coefficient (Wildman–Crippen LogP) is 1.79. The molecule has 0 spiro atoms. The van der Waals surface area contributed by atoms with Gasteiger partial charge in [-0.1, -0.05) is 17.7 Å². The van der Waals surface area contributed by atoms with E-state index in [-0.39, 0.29) is 10.6 Å². The van der Waals surface area contributed by atoms with Crippen LogP contribution in [0.3, 0.4) is 0 Å². The van der Waals surface area contributed by atoms with Crippen LogP contribution in [0.2, 0.25) is 0 Å². The van der Waals surface area contributed by atoms with Crippen LogP contribution >= 0.6 is 0 Å². The summed E-state index contributed by atoms with van der Waals surface area (Å²) >= 11 is 0. The van der Waals surface area contributed by atoms with Crippen molar-refractivity contribution in [3.05, 3.63) is 53.9 Å². The second-order valence-electron chi connectivity index (χ2n) is 3.84. The molecular weight excluding hydrogens is 238 g/mol. The number of aromatic amines is 1. The van der Waals surface area contributed by atoms with Crippen molar-refractivity contribution in [2.75, 3.05) is 0 Å². The minimum Gasteiger partial charge on any atom is -0.372 e. The normalized spacial score (nSPS) is 13.5. The molecule has 90 valence electrons. The second-order valence-corrected chi connectivity index (χ2v) is 5.84. The summed E-state index contributed by atoms with van der Waals surface area (Å²) in [5.41, 5.74) is -0.316. The molecule has 2 N–H and O–H groups in total. The molecule has 1 heterocycles. The van der Waals surface area contributed by atoms with Crippen molar-refractivity contribution < 1.29 is 13.5 Å². The van der Waals surface area contributed by atoms with Gasteiger partial charge in [0.1, 0.15) is 0 Å². The SMILES string of the molecule is Cc1ccc(S(=O)(=O)C(O)c2ccc[nH]2)cc1. The number of aromatic nitrogens is 1. The first-order valence-corrected chi connectivity index (χ1v) is 6.68. The van der Waals surface area contributed by atoms with Gasteiger partial charge in [-0.25, -0.2) is 8.42 Å². The molecule has 0 radical (unpaired) electrons. The number of aliphatic hydroxyl groups is 1. The Bertz CT molecular complexity index is 585. The maximum Gasteiger partial charge on any atom is 0.210 e. The van der Waals surface area contributed by atoms with Gasteiger partial charge in [-0.15, -0.1) is 0 Å². The molecule has 0 aliphatic rings. The van der Waals surface area contributed by atoms with Crippen LogP contribution < -0.4 is 0 Å². The van der Waals surface area contributed by atoms with Crippen molar-refractivity contribution in [3.63, 3.8) is 0 Å². The van der Waals surface area contributed by atoms with Crippen molar-refractivity contribution in [2.45, 2.75) is 17.3 Å². The molecule has 0 fully saturated rings. The maximum absolute atomic E-state index is 12.1. The first-order chi connectivity index (χ1) is 8.01. The van der Waals surface area contributed by atoms with Crippen molar-refractivity contribution in [3.8, 4) is 0 Å². The van der Waals surface area contributed by atoms with Crippen molar-refractivity contribution in [1.29, 1.82) is 0 Å². The number of hydrogen-bond donors (Lipinski definition) is 2. The largest absolute Gasteiger partial charge is 0.372 e. The van der Waals surface area contributed by atoms with Gasteiger partial charge in [0, 0.05) is 6.20 Å². The first-order valence-electron chi connectivity index (χ1n) is 5.14. The molecule has 0 amide bonds. The lowest BCUT2D eigenvalue weighted by Crippen LogP contribution is -2.13. The number of hydrogen-bond acceptors (Lipinski definition) is 3. The van der Waals surface area contributed by atoms with Gasteiger partial charge < -0.3 is 10.1 Å². The number of rotatable bonds is 3. The Morgan fingerprint density at radius 3 is 2.35 bits per heavy atom. The highest BCUT2D eigenvalue weighted by molar-refractivity contribution is 7.91. The van der Waals surface area contributed by atoms with E-state index in [4.69, 9.17) is 0 Å². The van der Waals surface area contributed by atoms with E-state index in [1.165, 1.54) is 18.2 Å². The van der Waals surface area contributed by atoms with Gasteiger partial charge in [0.2, 0.25) is 9.84 Å². The third-order valence-electron chi connectivity index (χ3n) is 2.53. The molecule has 17 heavy (non-hydrogen) atoms. The number of benzene rings is 1. The third kappa shape index (κ3) is 2.25. The van der Waals surface area contributed by atoms with E-state index in [2.05, 4.69) is 4.98 Å². The van der Waals surface area contributed by atoms with E-state index in [9.17, 15) is 13.5 Å². The number of sulfone groups is 1. The Hall–Kier alpha value is -1.59. The maximum atomic E-state index is 12.1. The molecule has 5 heteroatoms. The van der Waals surface area contributed by atoms with Gasteiger partial charge in [0.15, 0.2) is 5.44 Å². The second kappa shape index (κ2) is 4.35. The number of nitrogens with one attached hydrogen (secondary N) is 1. The van der Waals surface area contributed by atoms with Crippen LogP contribution in [0, 0.1) is 6.92 Å². The van der Waals surface area contributed by atoms with Gasteiger partial charge in [-0.3, -0.25) is 0 Å². The number of aryl methyl sites for hydroxylation is 1. The molecule has 0 aliphatic heterocycles. The molecule has 1 unspecified atom stereocenters. The van der Waals surface area contributed by atoms with E-state index in [1.54, 1.807) is 24.4 Å². The minimum absolute atomic E-state index is 0.116. The predicted molar refractivity (Wildman–Crippen MR) is 64.1 cm³/mol. The number of H-pyrrole nitrogens is 1. The monoisotopic (exact) mass is 251 g/mol. The zero-order valence-electron chi connectivity index (χ0n) is 9.29. The van der Waals surface area contributed by atoms with Crippen LogP contribution in [0.15, 0.2) is 47.5 Å². The summed E-state index contributed by atoms with van der Waals surface area (Å²) < 4.78 is 24.1. The molecule has 1 aromatic carbocycles. The molecule has 1 atom stereocenters. The highest BCUT2D eigenvalue weighted by Crippen LogP contribution is 2.25. The van der Waals surface area contributed by atoms with Gasteiger partial charge >= 0.3 is 0 Å². The fourth-order valence-corrected chi connectivity index (χ4v) is 2.78. The van der Waals surface area contributed by atoms with E-state index >= 15 is 0 Å². The highest BCUT2D eigenvalue weighted by atomic mass is 32.2. The fourth-order valence-electron chi connectivity index (χ4n) is 1.52. The van der Waals surface area contributed by atoms with Crippen LogP contribution in [0.4, 0.5) is 0 Å². The highest BCUT2D eigenvalue weighted by Gasteiger charge is 2.27. The van der Waals surface area contributed by atoms with Crippen LogP contribution in [-0.2, 0) is 9.84 Å². The standard InChI is InChI=1S/C12H13NO3S/c1-9-4-6-10(7-5-9)17(15,16)12(14)11-3-2-8-13-11/h2-8,12-14H,1H3. The average Bonchev–Trinajstić information content (AvgIpc) is 2.82. The van der Waals surface area contributed by atoms with Crippen LogP contribution in [-0.4, -0.2) is 18.5 Å². The lowest BCUT2D eigenvalue weighted by Gasteiger charge is -2.10. The summed E-state index contributed by atoms with van der Waals surface area (Å²) in [7, 11) is -3.75. The van der Waals surface area contributed by atoms with Crippen molar-refractivity contribution in [1.82, 2.24) is 4.98 Å². The molecule has 0 saturated carbocycles. The molecule has 2 aromatic rings. The molecule has 0 bridgehead atoms.